The van der Waals surface area contributed by atoms with E-state index in [1.807, 2.05) is 36.9 Å². The van der Waals surface area contributed by atoms with Gasteiger partial charge in [-0.2, -0.15) is 5.26 Å². The summed E-state index contributed by atoms with van der Waals surface area (Å²) >= 11 is 0. The number of rotatable bonds is 4. The summed E-state index contributed by atoms with van der Waals surface area (Å²) in [5, 5.41) is 9.07. The number of benzene rings is 1. The number of likely N-dealkylation sites (tertiary alicyclic amines) is 1. The van der Waals surface area contributed by atoms with E-state index < -0.39 is 0 Å². The smallest absolute Gasteiger partial charge is 0.255 e. The third-order valence-electron chi connectivity index (χ3n) is 8.15. The van der Waals surface area contributed by atoms with Crippen LogP contribution in [0.15, 0.2) is 36.5 Å². The van der Waals surface area contributed by atoms with E-state index in [0.717, 1.165) is 62.4 Å². The molecule has 0 N–H and O–H groups in total. The van der Waals surface area contributed by atoms with Gasteiger partial charge in [-0.3, -0.25) is 19.6 Å². The molecule has 180 valence electrons. The van der Waals surface area contributed by atoms with Gasteiger partial charge in [0.2, 0.25) is 0 Å². The van der Waals surface area contributed by atoms with Crippen LogP contribution >= 0.6 is 0 Å². The number of aryl methyl sites for hydroxylation is 2. The minimum atomic E-state index is 0.119. The molecule has 0 saturated carbocycles. The maximum Gasteiger partial charge on any atom is 0.255 e. The summed E-state index contributed by atoms with van der Waals surface area (Å²) in [5.74, 6) is 0.125. The summed E-state index contributed by atoms with van der Waals surface area (Å²) in [5.41, 5.74) is 4.68. The second kappa shape index (κ2) is 9.85. The third kappa shape index (κ3) is 4.73. The van der Waals surface area contributed by atoms with Gasteiger partial charge >= 0.3 is 0 Å². The Balaban J connectivity index is 1.37. The van der Waals surface area contributed by atoms with Crippen molar-refractivity contribution in [3.05, 3.63) is 64.5 Å². The van der Waals surface area contributed by atoms with Crippen LogP contribution in [0.3, 0.4) is 0 Å². The molecule has 0 bridgehead atoms. The Labute approximate surface area is 204 Å². The summed E-state index contributed by atoms with van der Waals surface area (Å²) in [4.78, 5) is 24.8. The SMILES string of the molecule is Cc1ccnc(C)c1C(=O)N1CCC(C)(N2CCN([C@@H](C)c3ccc(C#N)cc3)[C@@H](C)C2)CC1. The fourth-order valence-electron chi connectivity index (χ4n) is 5.75. The van der Waals surface area contributed by atoms with Gasteiger partial charge in [0.15, 0.2) is 0 Å². The van der Waals surface area contributed by atoms with Crippen molar-refractivity contribution in [2.45, 2.75) is 65.1 Å². The van der Waals surface area contributed by atoms with Crippen molar-refractivity contribution in [3.63, 3.8) is 0 Å². The number of carbonyl (C=O) groups is 1. The first-order valence-electron chi connectivity index (χ1n) is 12.5. The van der Waals surface area contributed by atoms with E-state index in [1.54, 1.807) is 6.20 Å². The molecule has 0 aliphatic carbocycles. The van der Waals surface area contributed by atoms with Gasteiger partial charge in [0.25, 0.3) is 5.91 Å². The van der Waals surface area contributed by atoms with Crippen molar-refractivity contribution < 1.29 is 4.79 Å². The van der Waals surface area contributed by atoms with Crippen LogP contribution in [0.25, 0.3) is 0 Å². The molecule has 0 unspecified atom stereocenters. The Morgan fingerprint density at radius 2 is 1.79 bits per heavy atom. The average molecular weight is 460 g/mol. The molecule has 2 saturated heterocycles. The number of piperazine rings is 1. The fourth-order valence-corrected chi connectivity index (χ4v) is 5.75. The first-order chi connectivity index (χ1) is 16.2. The lowest BCUT2D eigenvalue weighted by molar-refractivity contribution is -0.0278. The summed E-state index contributed by atoms with van der Waals surface area (Å²) in [6.45, 7) is 15.6. The lowest BCUT2D eigenvalue weighted by Gasteiger charge is -2.52. The summed E-state index contributed by atoms with van der Waals surface area (Å²) in [6, 6.07) is 12.9. The van der Waals surface area contributed by atoms with Gasteiger partial charge in [-0.1, -0.05) is 12.1 Å². The third-order valence-corrected chi connectivity index (χ3v) is 8.15. The average Bonchev–Trinajstić information content (AvgIpc) is 2.84. The number of hydrogen-bond donors (Lipinski definition) is 0. The van der Waals surface area contributed by atoms with Gasteiger partial charge < -0.3 is 4.90 Å². The summed E-state index contributed by atoms with van der Waals surface area (Å²) in [6.07, 6.45) is 3.77. The Hall–Kier alpha value is -2.75. The monoisotopic (exact) mass is 459 g/mol. The predicted octanol–water partition coefficient (Wildman–Crippen LogP) is 4.33. The minimum Gasteiger partial charge on any atom is -0.338 e. The van der Waals surface area contributed by atoms with Crippen molar-refractivity contribution in [3.8, 4) is 6.07 Å². The first-order valence-corrected chi connectivity index (χ1v) is 12.5. The molecule has 1 amide bonds. The van der Waals surface area contributed by atoms with Gasteiger partial charge in [0.05, 0.1) is 22.9 Å². The molecule has 3 heterocycles. The zero-order valence-corrected chi connectivity index (χ0v) is 21.2. The zero-order chi connectivity index (χ0) is 24.5. The lowest BCUT2D eigenvalue weighted by Crippen LogP contribution is -2.62. The Bertz CT molecular complexity index is 1040. The number of pyridine rings is 1. The largest absolute Gasteiger partial charge is 0.338 e. The zero-order valence-electron chi connectivity index (χ0n) is 21.2. The fraction of sp³-hybridized carbons (Fsp3) is 0.536. The Kier molecular flexibility index (Phi) is 7.06. The van der Waals surface area contributed by atoms with Crippen molar-refractivity contribution in [2.75, 3.05) is 32.7 Å². The lowest BCUT2D eigenvalue weighted by atomic mass is 9.86. The number of hydrogen-bond acceptors (Lipinski definition) is 5. The van der Waals surface area contributed by atoms with Gasteiger partial charge in [-0.25, -0.2) is 0 Å². The van der Waals surface area contributed by atoms with Crippen LogP contribution in [-0.2, 0) is 0 Å². The molecule has 0 radical (unpaired) electrons. The quantitative estimate of drug-likeness (QED) is 0.681. The molecule has 34 heavy (non-hydrogen) atoms. The van der Waals surface area contributed by atoms with Gasteiger partial charge in [-0.05, 0) is 76.8 Å². The van der Waals surface area contributed by atoms with Crippen molar-refractivity contribution in [1.82, 2.24) is 19.7 Å². The highest BCUT2D eigenvalue weighted by atomic mass is 16.2. The van der Waals surface area contributed by atoms with E-state index in [0.29, 0.717) is 17.6 Å². The molecule has 2 aliphatic heterocycles. The van der Waals surface area contributed by atoms with Crippen LogP contribution in [0.2, 0.25) is 0 Å². The van der Waals surface area contributed by atoms with E-state index in [1.165, 1.54) is 5.56 Å². The summed E-state index contributed by atoms with van der Waals surface area (Å²) in [7, 11) is 0. The van der Waals surface area contributed by atoms with Crippen molar-refractivity contribution in [1.29, 1.82) is 5.26 Å². The maximum atomic E-state index is 13.2. The topological polar surface area (TPSA) is 63.5 Å². The van der Waals surface area contributed by atoms with Crippen LogP contribution in [-0.4, -0.2) is 69.9 Å². The van der Waals surface area contributed by atoms with Gasteiger partial charge in [-0.15, -0.1) is 0 Å². The Morgan fingerprint density at radius 1 is 1.12 bits per heavy atom. The maximum absolute atomic E-state index is 13.2. The normalized spacial score (nSPS) is 22.2. The van der Waals surface area contributed by atoms with Gasteiger partial charge in [0, 0.05) is 56.5 Å². The second-order valence-corrected chi connectivity index (χ2v) is 10.3. The number of carbonyl (C=O) groups excluding carboxylic acids is 1. The molecule has 2 aromatic rings. The van der Waals surface area contributed by atoms with E-state index in [9.17, 15) is 4.79 Å². The second-order valence-electron chi connectivity index (χ2n) is 10.3. The molecule has 6 nitrogen and oxygen atoms in total. The van der Waals surface area contributed by atoms with E-state index >= 15 is 0 Å². The minimum absolute atomic E-state index is 0.119. The first kappa shape index (κ1) is 24.4. The Morgan fingerprint density at radius 3 is 2.38 bits per heavy atom. The molecule has 4 rings (SSSR count). The van der Waals surface area contributed by atoms with Crippen LogP contribution in [0.1, 0.15) is 72.4 Å². The molecule has 2 atom stereocenters. The number of amides is 1. The standard InChI is InChI=1S/C28H37N5O/c1-20-10-13-30-22(3)26(20)27(34)31-14-11-28(5,12-15-31)32-16-17-33(21(2)19-32)23(4)25-8-6-24(18-29)7-9-25/h6-10,13,21,23H,11-12,14-17,19H2,1-5H3/t21-,23-/m0/s1. The van der Waals surface area contributed by atoms with Crippen molar-refractivity contribution in [2.24, 2.45) is 0 Å². The van der Waals surface area contributed by atoms with Crippen LogP contribution in [0, 0.1) is 25.2 Å². The molecule has 1 aromatic heterocycles. The highest BCUT2D eigenvalue weighted by Gasteiger charge is 2.40. The molecule has 2 fully saturated rings. The summed E-state index contributed by atoms with van der Waals surface area (Å²) < 4.78 is 0. The molecule has 1 aromatic carbocycles. The number of nitrogens with zero attached hydrogens (tertiary/aromatic N) is 5. The van der Waals surface area contributed by atoms with Crippen LogP contribution in [0.5, 0.6) is 0 Å². The predicted molar refractivity (Wildman–Crippen MR) is 135 cm³/mol. The van der Waals surface area contributed by atoms with Crippen molar-refractivity contribution >= 4 is 5.91 Å². The number of nitriles is 1. The molecule has 6 heteroatoms. The number of piperidine rings is 1. The molecular formula is C28H37N5O. The molecular weight excluding hydrogens is 422 g/mol. The van der Waals surface area contributed by atoms with Crippen LogP contribution in [0.4, 0.5) is 0 Å². The van der Waals surface area contributed by atoms with E-state index in [4.69, 9.17) is 5.26 Å². The highest BCUT2D eigenvalue weighted by Crippen LogP contribution is 2.34. The van der Waals surface area contributed by atoms with Gasteiger partial charge in [0.1, 0.15) is 0 Å². The number of aromatic nitrogens is 1. The highest BCUT2D eigenvalue weighted by molar-refractivity contribution is 5.96. The van der Waals surface area contributed by atoms with Crippen LogP contribution < -0.4 is 0 Å². The van der Waals surface area contributed by atoms with E-state index in [-0.39, 0.29) is 11.4 Å². The molecule has 0 spiro atoms. The molecule has 2 aliphatic rings. The van der Waals surface area contributed by atoms with E-state index in [2.05, 4.69) is 53.8 Å².